The molecule has 1 fully saturated rings. The van der Waals surface area contributed by atoms with Crippen molar-refractivity contribution in [2.45, 2.75) is 77.0 Å². The van der Waals surface area contributed by atoms with Gasteiger partial charge in [0.1, 0.15) is 0 Å². The largest absolute Gasteiger partial charge is 0.466 e. The van der Waals surface area contributed by atoms with Crippen LogP contribution in [0.2, 0.25) is 0 Å². The molecule has 1 aliphatic carbocycles. The summed E-state index contributed by atoms with van der Waals surface area (Å²) in [7, 11) is 0. The Bertz CT molecular complexity index is 550. The van der Waals surface area contributed by atoms with Crippen LogP contribution in [0.1, 0.15) is 88.2 Å². The number of carbonyl (C=O) groups is 1. The van der Waals surface area contributed by atoms with Crippen LogP contribution in [0.4, 0.5) is 0 Å². The maximum Gasteiger partial charge on any atom is 0.302 e. The van der Waals surface area contributed by atoms with E-state index in [1.165, 1.54) is 70.3 Å². The Morgan fingerprint density at radius 3 is 2.32 bits per heavy atom. The van der Waals surface area contributed by atoms with E-state index in [1.807, 2.05) is 12.1 Å². The fraction of sp³-hybridized carbons (Fsp3) is 0.636. The number of carbonyl (C=O) groups excluding carboxylic acids is 1. The third-order valence-corrected chi connectivity index (χ3v) is 5.42. The Morgan fingerprint density at radius 2 is 1.68 bits per heavy atom. The number of rotatable bonds is 9. The molecule has 0 heterocycles. The molecule has 3 nitrogen and oxygen atoms in total. The predicted molar refractivity (Wildman–Crippen MR) is 100 cm³/mol. The highest BCUT2D eigenvalue weighted by Crippen LogP contribution is 2.37. The zero-order chi connectivity index (χ0) is 17.9. The molecule has 1 aromatic carbocycles. The fourth-order valence-corrected chi connectivity index (χ4v) is 3.90. The molecule has 0 aromatic heterocycles. The molecule has 0 amide bonds. The summed E-state index contributed by atoms with van der Waals surface area (Å²) in [5.41, 5.74) is 2.16. The van der Waals surface area contributed by atoms with Crippen molar-refractivity contribution < 1.29 is 9.53 Å². The molecule has 0 unspecified atom stereocenters. The van der Waals surface area contributed by atoms with Gasteiger partial charge in [0.15, 0.2) is 0 Å². The summed E-state index contributed by atoms with van der Waals surface area (Å²) in [5.74, 6) is 1.41. The molecule has 1 aromatic rings. The smallest absolute Gasteiger partial charge is 0.302 e. The van der Waals surface area contributed by atoms with Crippen molar-refractivity contribution in [3.05, 3.63) is 35.4 Å². The van der Waals surface area contributed by atoms with E-state index in [-0.39, 0.29) is 5.97 Å². The van der Waals surface area contributed by atoms with Crippen LogP contribution >= 0.6 is 0 Å². The average molecular weight is 341 g/mol. The Morgan fingerprint density at radius 1 is 1.04 bits per heavy atom. The summed E-state index contributed by atoms with van der Waals surface area (Å²) >= 11 is 0. The van der Waals surface area contributed by atoms with Gasteiger partial charge in [-0.15, -0.1) is 0 Å². The Hall–Kier alpha value is -1.82. The SMILES string of the molecule is CC(=O)OCCCCCCCC1CCC(c2ccc(C#N)cc2)CC1. The Balaban J connectivity index is 1.53. The molecule has 0 N–H and O–H groups in total. The zero-order valence-corrected chi connectivity index (χ0v) is 15.5. The summed E-state index contributed by atoms with van der Waals surface area (Å²) in [4.78, 5) is 10.7. The van der Waals surface area contributed by atoms with Crippen molar-refractivity contribution in [3.8, 4) is 6.07 Å². The molecule has 136 valence electrons. The van der Waals surface area contributed by atoms with Crippen LogP contribution in [-0.4, -0.2) is 12.6 Å². The lowest BCUT2D eigenvalue weighted by atomic mass is 9.77. The molecular formula is C22H31NO2. The number of unbranched alkanes of at least 4 members (excludes halogenated alkanes) is 4. The third kappa shape index (κ3) is 7.30. The molecule has 0 spiro atoms. The van der Waals surface area contributed by atoms with Gasteiger partial charge in [0, 0.05) is 6.92 Å². The van der Waals surface area contributed by atoms with Gasteiger partial charge in [0.05, 0.1) is 18.2 Å². The molecule has 0 saturated heterocycles. The number of ether oxygens (including phenoxy) is 1. The lowest BCUT2D eigenvalue weighted by Crippen LogP contribution is -2.13. The molecule has 0 bridgehead atoms. The van der Waals surface area contributed by atoms with E-state index in [4.69, 9.17) is 10.00 Å². The first-order valence-electron chi connectivity index (χ1n) is 9.82. The second-order valence-electron chi connectivity index (χ2n) is 7.35. The first kappa shape index (κ1) is 19.5. The van der Waals surface area contributed by atoms with Crippen LogP contribution in [0.3, 0.4) is 0 Å². The number of hydrogen-bond acceptors (Lipinski definition) is 3. The third-order valence-electron chi connectivity index (χ3n) is 5.42. The van der Waals surface area contributed by atoms with E-state index < -0.39 is 0 Å². The second kappa shape index (κ2) is 10.9. The molecule has 25 heavy (non-hydrogen) atoms. The van der Waals surface area contributed by atoms with Crippen molar-refractivity contribution in [2.24, 2.45) is 5.92 Å². The highest BCUT2D eigenvalue weighted by molar-refractivity contribution is 5.65. The summed E-state index contributed by atoms with van der Waals surface area (Å²) < 4.78 is 4.95. The molecule has 3 heteroatoms. The van der Waals surface area contributed by atoms with Crippen LogP contribution in [0, 0.1) is 17.2 Å². The molecule has 1 aliphatic rings. The zero-order valence-electron chi connectivity index (χ0n) is 15.5. The number of esters is 1. The van der Waals surface area contributed by atoms with Crippen LogP contribution in [0.15, 0.2) is 24.3 Å². The Kier molecular flexibility index (Phi) is 8.52. The normalized spacial score (nSPS) is 20.0. The van der Waals surface area contributed by atoms with Gasteiger partial charge in [-0.3, -0.25) is 4.79 Å². The molecular weight excluding hydrogens is 310 g/mol. The molecule has 0 atom stereocenters. The van der Waals surface area contributed by atoms with Gasteiger partial charge in [0.2, 0.25) is 0 Å². The molecule has 2 rings (SSSR count). The van der Waals surface area contributed by atoms with Crippen LogP contribution < -0.4 is 0 Å². The minimum atomic E-state index is -0.170. The van der Waals surface area contributed by atoms with Crippen LogP contribution in [0.25, 0.3) is 0 Å². The van der Waals surface area contributed by atoms with Gasteiger partial charge < -0.3 is 4.74 Å². The monoisotopic (exact) mass is 341 g/mol. The highest BCUT2D eigenvalue weighted by atomic mass is 16.5. The first-order chi connectivity index (χ1) is 12.2. The first-order valence-corrected chi connectivity index (χ1v) is 9.82. The summed E-state index contributed by atoms with van der Waals surface area (Å²) in [6.07, 6.45) is 12.7. The standard InChI is InChI=1S/C22H31NO2/c1-18(24)25-16-6-4-2-3-5-7-19-8-12-21(13-9-19)22-14-10-20(17-23)11-15-22/h10-11,14-15,19,21H,2-9,12-13,16H2,1H3. The second-order valence-corrected chi connectivity index (χ2v) is 7.35. The van der Waals surface area contributed by atoms with Crippen LogP contribution in [0.5, 0.6) is 0 Å². The van der Waals surface area contributed by atoms with Crippen molar-refractivity contribution in [1.82, 2.24) is 0 Å². The highest BCUT2D eigenvalue weighted by Gasteiger charge is 2.21. The Labute approximate surface area is 152 Å². The topological polar surface area (TPSA) is 50.1 Å². The number of hydrogen-bond donors (Lipinski definition) is 0. The molecule has 0 radical (unpaired) electrons. The van der Waals surface area contributed by atoms with Gasteiger partial charge in [0.25, 0.3) is 0 Å². The summed E-state index contributed by atoms with van der Waals surface area (Å²) in [6.45, 7) is 2.05. The van der Waals surface area contributed by atoms with Gasteiger partial charge in [-0.25, -0.2) is 0 Å². The van der Waals surface area contributed by atoms with Gasteiger partial charge in [-0.2, -0.15) is 5.26 Å². The average Bonchev–Trinajstić information content (AvgIpc) is 2.64. The van der Waals surface area contributed by atoms with Crippen molar-refractivity contribution in [2.75, 3.05) is 6.61 Å². The lowest BCUT2D eigenvalue weighted by molar-refractivity contribution is -0.141. The number of nitriles is 1. The molecule has 0 aliphatic heterocycles. The van der Waals surface area contributed by atoms with Crippen molar-refractivity contribution in [3.63, 3.8) is 0 Å². The molecule has 1 saturated carbocycles. The maximum atomic E-state index is 10.7. The summed E-state index contributed by atoms with van der Waals surface area (Å²) in [5, 5.41) is 8.89. The van der Waals surface area contributed by atoms with E-state index in [0.717, 1.165) is 17.9 Å². The van der Waals surface area contributed by atoms with E-state index >= 15 is 0 Å². The number of benzene rings is 1. The van der Waals surface area contributed by atoms with Gasteiger partial charge in [-0.1, -0.05) is 44.2 Å². The maximum absolute atomic E-state index is 10.7. The van der Waals surface area contributed by atoms with E-state index in [9.17, 15) is 4.79 Å². The van der Waals surface area contributed by atoms with Gasteiger partial charge >= 0.3 is 5.97 Å². The van der Waals surface area contributed by atoms with Crippen molar-refractivity contribution >= 4 is 5.97 Å². The van der Waals surface area contributed by atoms with Gasteiger partial charge in [-0.05, 0) is 61.6 Å². The van der Waals surface area contributed by atoms with E-state index in [1.54, 1.807) is 0 Å². The van der Waals surface area contributed by atoms with Crippen molar-refractivity contribution in [1.29, 1.82) is 5.26 Å². The number of nitrogens with zero attached hydrogens (tertiary/aromatic N) is 1. The summed E-state index contributed by atoms with van der Waals surface area (Å²) in [6, 6.07) is 10.4. The predicted octanol–water partition coefficient (Wildman–Crippen LogP) is 5.74. The van der Waals surface area contributed by atoms with E-state index in [0.29, 0.717) is 12.5 Å². The van der Waals surface area contributed by atoms with E-state index in [2.05, 4.69) is 18.2 Å². The lowest BCUT2D eigenvalue weighted by Gasteiger charge is -2.29. The minimum absolute atomic E-state index is 0.170. The fourth-order valence-electron chi connectivity index (χ4n) is 3.90. The minimum Gasteiger partial charge on any atom is -0.466 e. The van der Waals surface area contributed by atoms with Crippen LogP contribution in [-0.2, 0) is 9.53 Å². The quantitative estimate of drug-likeness (QED) is 0.425.